The molecular weight excluding hydrogens is 156 g/mol. The van der Waals surface area contributed by atoms with Crippen molar-refractivity contribution >= 4 is 11.6 Å². The van der Waals surface area contributed by atoms with Gasteiger partial charge in [0.05, 0.1) is 7.11 Å². The van der Waals surface area contributed by atoms with Gasteiger partial charge in [0.25, 0.3) is 0 Å². The van der Waals surface area contributed by atoms with Crippen LogP contribution < -0.4 is 0 Å². The molecule has 0 amide bonds. The van der Waals surface area contributed by atoms with E-state index in [4.69, 9.17) is 4.74 Å². The second-order valence-corrected chi connectivity index (χ2v) is 2.84. The van der Waals surface area contributed by atoms with Crippen LogP contribution in [-0.4, -0.2) is 18.7 Å². The quantitative estimate of drug-likeness (QED) is 0.460. The number of carbonyl (C=O) groups is 2. The van der Waals surface area contributed by atoms with E-state index >= 15 is 0 Å². The molecule has 0 aromatic rings. The number of ketones is 2. The second kappa shape index (κ2) is 3.52. The Balaban J connectivity index is 2.99. The van der Waals surface area contributed by atoms with E-state index < -0.39 is 0 Å². The average molecular weight is 168 g/mol. The standard InChI is InChI=1S/C9H12O3/c1-6(10)9(12-2)7-4-3-5-8(7)11/h3-5H2,1-2H3/b9-7+. The largest absolute Gasteiger partial charge is 0.493 e. The minimum Gasteiger partial charge on any atom is -0.493 e. The molecule has 1 saturated carbocycles. The Morgan fingerprint density at radius 1 is 1.42 bits per heavy atom. The molecule has 0 unspecified atom stereocenters. The van der Waals surface area contributed by atoms with Crippen LogP contribution in [0.3, 0.4) is 0 Å². The van der Waals surface area contributed by atoms with Crippen LogP contribution in [0.2, 0.25) is 0 Å². The molecule has 3 heteroatoms. The second-order valence-electron chi connectivity index (χ2n) is 2.84. The van der Waals surface area contributed by atoms with Crippen molar-refractivity contribution in [1.82, 2.24) is 0 Å². The van der Waals surface area contributed by atoms with E-state index in [9.17, 15) is 9.59 Å². The first-order valence-corrected chi connectivity index (χ1v) is 3.98. The number of hydrogen-bond acceptors (Lipinski definition) is 3. The van der Waals surface area contributed by atoms with Gasteiger partial charge in [-0.1, -0.05) is 0 Å². The van der Waals surface area contributed by atoms with Crippen LogP contribution in [-0.2, 0) is 14.3 Å². The lowest BCUT2D eigenvalue weighted by molar-refractivity contribution is -0.118. The highest BCUT2D eigenvalue weighted by molar-refractivity contribution is 6.05. The van der Waals surface area contributed by atoms with E-state index in [0.29, 0.717) is 18.4 Å². The Kier molecular flexibility index (Phi) is 2.63. The SMILES string of the molecule is CO/C(C(C)=O)=C1\CCCC1=O. The summed E-state index contributed by atoms with van der Waals surface area (Å²) in [4.78, 5) is 22.2. The van der Waals surface area contributed by atoms with E-state index in [1.165, 1.54) is 14.0 Å². The van der Waals surface area contributed by atoms with E-state index in [1.54, 1.807) is 0 Å². The molecule has 1 rings (SSSR count). The van der Waals surface area contributed by atoms with Gasteiger partial charge in [-0.25, -0.2) is 0 Å². The maximum Gasteiger partial charge on any atom is 0.194 e. The molecule has 12 heavy (non-hydrogen) atoms. The molecule has 1 aliphatic carbocycles. The van der Waals surface area contributed by atoms with Crippen molar-refractivity contribution in [2.75, 3.05) is 7.11 Å². The summed E-state index contributed by atoms with van der Waals surface area (Å²) in [6.07, 6.45) is 2.07. The van der Waals surface area contributed by atoms with Crippen molar-refractivity contribution in [2.45, 2.75) is 26.2 Å². The Hall–Kier alpha value is -1.12. The number of rotatable bonds is 2. The molecule has 0 N–H and O–H groups in total. The maximum atomic E-state index is 11.2. The summed E-state index contributed by atoms with van der Waals surface area (Å²) >= 11 is 0. The smallest absolute Gasteiger partial charge is 0.194 e. The lowest BCUT2D eigenvalue weighted by Gasteiger charge is -2.04. The molecule has 0 aliphatic heterocycles. The fraction of sp³-hybridized carbons (Fsp3) is 0.556. The molecule has 1 aliphatic rings. The summed E-state index contributed by atoms with van der Waals surface area (Å²) in [5.74, 6) is 0.141. The first-order valence-electron chi connectivity index (χ1n) is 3.98. The minimum atomic E-state index is -0.164. The van der Waals surface area contributed by atoms with E-state index in [-0.39, 0.29) is 17.3 Å². The van der Waals surface area contributed by atoms with Gasteiger partial charge in [-0.05, 0) is 12.8 Å². The van der Waals surface area contributed by atoms with Gasteiger partial charge in [0.1, 0.15) is 0 Å². The Bertz CT molecular complexity index is 250. The van der Waals surface area contributed by atoms with Crippen molar-refractivity contribution in [3.63, 3.8) is 0 Å². The van der Waals surface area contributed by atoms with Crippen LogP contribution in [0.4, 0.5) is 0 Å². The third-order valence-electron chi connectivity index (χ3n) is 1.97. The summed E-state index contributed by atoms with van der Waals surface area (Å²) < 4.78 is 4.88. The number of carbonyl (C=O) groups excluding carboxylic acids is 2. The Morgan fingerprint density at radius 2 is 2.08 bits per heavy atom. The Morgan fingerprint density at radius 3 is 2.42 bits per heavy atom. The van der Waals surface area contributed by atoms with Crippen molar-refractivity contribution in [2.24, 2.45) is 0 Å². The fourth-order valence-electron chi connectivity index (χ4n) is 1.44. The topological polar surface area (TPSA) is 43.4 Å². The van der Waals surface area contributed by atoms with Gasteiger partial charge in [-0.15, -0.1) is 0 Å². The number of Topliss-reactive ketones (excluding diaryl/α,β-unsaturated/α-hetero) is 2. The minimum absolute atomic E-state index is 0.0575. The molecule has 1 fully saturated rings. The van der Waals surface area contributed by atoms with Crippen molar-refractivity contribution in [3.05, 3.63) is 11.3 Å². The number of ether oxygens (including phenoxy) is 1. The van der Waals surface area contributed by atoms with Crippen molar-refractivity contribution < 1.29 is 14.3 Å². The molecule has 0 aromatic heterocycles. The fourth-order valence-corrected chi connectivity index (χ4v) is 1.44. The van der Waals surface area contributed by atoms with Crippen LogP contribution in [0.1, 0.15) is 26.2 Å². The van der Waals surface area contributed by atoms with Gasteiger partial charge < -0.3 is 4.74 Å². The normalized spacial score (nSPS) is 21.0. The lowest BCUT2D eigenvalue weighted by Crippen LogP contribution is -2.06. The predicted octanol–water partition coefficient (Wildman–Crippen LogP) is 1.23. The highest BCUT2D eigenvalue weighted by Crippen LogP contribution is 2.24. The van der Waals surface area contributed by atoms with Crippen LogP contribution >= 0.6 is 0 Å². The van der Waals surface area contributed by atoms with Crippen LogP contribution in [0, 0.1) is 0 Å². The van der Waals surface area contributed by atoms with E-state index in [1.807, 2.05) is 0 Å². The number of methoxy groups -OCH3 is 1. The third-order valence-corrected chi connectivity index (χ3v) is 1.97. The van der Waals surface area contributed by atoms with Gasteiger partial charge in [-0.3, -0.25) is 9.59 Å². The number of allylic oxidation sites excluding steroid dienone is 2. The highest BCUT2D eigenvalue weighted by Gasteiger charge is 2.23. The molecule has 0 aromatic carbocycles. The zero-order chi connectivity index (χ0) is 9.14. The van der Waals surface area contributed by atoms with Gasteiger partial charge in [0.2, 0.25) is 0 Å². The van der Waals surface area contributed by atoms with Crippen molar-refractivity contribution in [3.8, 4) is 0 Å². The lowest BCUT2D eigenvalue weighted by atomic mass is 10.1. The number of hydrogen-bond donors (Lipinski definition) is 0. The zero-order valence-electron chi connectivity index (χ0n) is 7.35. The molecule has 66 valence electrons. The summed E-state index contributed by atoms with van der Waals surface area (Å²) in [6, 6.07) is 0. The van der Waals surface area contributed by atoms with Crippen molar-refractivity contribution in [1.29, 1.82) is 0 Å². The van der Waals surface area contributed by atoms with Gasteiger partial charge in [0.15, 0.2) is 17.3 Å². The van der Waals surface area contributed by atoms with Crippen LogP contribution in [0.15, 0.2) is 11.3 Å². The predicted molar refractivity (Wildman–Crippen MR) is 43.6 cm³/mol. The summed E-state index contributed by atoms with van der Waals surface area (Å²) in [5, 5.41) is 0. The van der Waals surface area contributed by atoms with Gasteiger partial charge in [0, 0.05) is 18.9 Å². The van der Waals surface area contributed by atoms with Gasteiger partial charge >= 0.3 is 0 Å². The Labute approximate surface area is 71.4 Å². The van der Waals surface area contributed by atoms with Crippen LogP contribution in [0.25, 0.3) is 0 Å². The van der Waals surface area contributed by atoms with Crippen LogP contribution in [0.5, 0.6) is 0 Å². The average Bonchev–Trinajstić information content (AvgIpc) is 2.38. The molecule has 0 saturated heterocycles. The molecule has 0 atom stereocenters. The van der Waals surface area contributed by atoms with Gasteiger partial charge in [-0.2, -0.15) is 0 Å². The monoisotopic (exact) mass is 168 g/mol. The maximum absolute atomic E-state index is 11.2. The summed E-state index contributed by atoms with van der Waals surface area (Å²) in [5.41, 5.74) is 0.574. The van der Waals surface area contributed by atoms with E-state index in [2.05, 4.69) is 0 Å². The first-order chi connectivity index (χ1) is 5.66. The molecule has 0 heterocycles. The molecule has 0 bridgehead atoms. The third kappa shape index (κ3) is 1.55. The summed E-state index contributed by atoms with van der Waals surface area (Å²) in [6.45, 7) is 1.41. The highest BCUT2D eigenvalue weighted by atomic mass is 16.5. The summed E-state index contributed by atoms with van der Waals surface area (Å²) in [7, 11) is 1.43. The molecular formula is C9H12O3. The molecule has 3 nitrogen and oxygen atoms in total. The van der Waals surface area contributed by atoms with E-state index in [0.717, 1.165) is 6.42 Å². The first kappa shape index (κ1) is 8.97. The zero-order valence-corrected chi connectivity index (χ0v) is 7.35. The molecule has 0 radical (unpaired) electrons. The molecule has 0 spiro atoms.